The van der Waals surface area contributed by atoms with Crippen LogP contribution in [0.2, 0.25) is 0 Å². The van der Waals surface area contributed by atoms with Crippen molar-refractivity contribution >= 4 is 12.0 Å². The molecule has 1 aliphatic heterocycles. The van der Waals surface area contributed by atoms with Crippen molar-refractivity contribution in [2.75, 3.05) is 19.6 Å². The summed E-state index contributed by atoms with van der Waals surface area (Å²) in [6, 6.07) is -0.0995. The fraction of sp³-hybridized carbons (Fsp3) is 0.867. The number of carboxylic acid groups (broad SMARTS) is 1. The molecule has 2 N–H and O–H groups in total. The van der Waals surface area contributed by atoms with E-state index in [4.69, 9.17) is 5.11 Å². The highest BCUT2D eigenvalue weighted by atomic mass is 16.4. The Balaban J connectivity index is 1.78. The molecular weight excluding hydrogens is 256 g/mol. The van der Waals surface area contributed by atoms with Crippen molar-refractivity contribution in [1.29, 1.82) is 0 Å². The second kappa shape index (κ2) is 6.02. The summed E-state index contributed by atoms with van der Waals surface area (Å²) in [5, 5.41) is 11.8. The first-order valence-corrected chi connectivity index (χ1v) is 7.67. The van der Waals surface area contributed by atoms with Gasteiger partial charge in [-0.25, -0.2) is 4.79 Å². The van der Waals surface area contributed by atoms with Crippen molar-refractivity contribution in [3.8, 4) is 0 Å². The van der Waals surface area contributed by atoms with Gasteiger partial charge in [0.25, 0.3) is 0 Å². The standard InChI is InChI=1S/C15H26N2O3/c1-11(2)7-15(5-3-4-6-15)10-16-14(20)17-8-12(9-17)13(18)19/h11-12H,3-10H2,1-2H3,(H,16,20)(H,18,19). The maximum absolute atomic E-state index is 12.0. The van der Waals surface area contributed by atoms with Gasteiger partial charge in [-0.3, -0.25) is 4.79 Å². The smallest absolute Gasteiger partial charge is 0.317 e. The Bertz CT molecular complexity index is 369. The van der Waals surface area contributed by atoms with Crippen LogP contribution in [0.25, 0.3) is 0 Å². The second-order valence-electron chi connectivity index (χ2n) is 6.90. The summed E-state index contributed by atoms with van der Waals surface area (Å²) in [7, 11) is 0. The maximum atomic E-state index is 12.0. The molecule has 2 rings (SSSR count). The van der Waals surface area contributed by atoms with Crippen LogP contribution in [0.5, 0.6) is 0 Å². The van der Waals surface area contributed by atoms with E-state index in [0.29, 0.717) is 19.0 Å². The number of likely N-dealkylation sites (tertiary alicyclic amines) is 1. The fourth-order valence-electron chi connectivity index (χ4n) is 3.62. The Morgan fingerprint density at radius 3 is 2.40 bits per heavy atom. The molecule has 1 saturated carbocycles. The predicted octanol–water partition coefficient (Wildman–Crippen LogP) is 2.32. The van der Waals surface area contributed by atoms with Crippen molar-refractivity contribution < 1.29 is 14.7 Å². The molecule has 0 radical (unpaired) electrons. The molecule has 0 aromatic rings. The van der Waals surface area contributed by atoms with E-state index in [2.05, 4.69) is 19.2 Å². The molecule has 1 saturated heterocycles. The largest absolute Gasteiger partial charge is 0.481 e. The van der Waals surface area contributed by atoms with E-state index in [0.717, 1.165) is 13.0 Å². The highest BCUT2D eigenvalue weighted by Crippen LogP contribution is 2.42. The average molecular weight is 282 g/mol. The Morgan fingerprint density at radius 2 is 1.90 bits per heavy atom. The van der Waals surface area contributed by atoms with Crippen molar-refractivity contribution in [1.82, 2.24) is 10.2 Å². The highest BCUT2D eigenvalue weighted by Gasteiger charge is 2.38. The summed E-state index contributed by atoms with van der Waals surface area (Å²) in [6.45, 7) is 5.89. The number of carbonyl (C=O) groups excluding carboxylic acids is 1. The molecule has 2 amide bonds. The van der Waals surface area contributed by atoms with E-state index in [1.54, 1.807) is 4.90 Å². The molecule has 5 heteroatoms. The minimum atomic E-state index is -0.805. The van der Waals surface area contributed by atoms with Gasteiger partial charge in [-0.15, -0.1) is 0 Å². The SMILES string of the molecule is CC(C)CC1(CNC(=O)N2CC(C(=O)O)C2)CCCC1. The van der Waals surface area contributed by atoms with E-state index < -0.39 is 5.97 Å². The topological polar surface area (TPSA) is 69.6 Å². The number of nitrogens with zero attached hydrogens (tertiary/aromatic N) is 1. The Labute approximate surface area is 120 Å². The van der Waals surface area contributed by atoms with Crippen molar-refractivity contribution in [2.45, 2.75) is 46.0 Å². The van der Waals surface area contributed by atoms with Gasteiger partial charge in [-0.1, -0.05) is 26.7 Å². The lowest BCUT2D eigenvalue weighted by Crippen LogP contribution is -2.57. The second-order valence-corrected chi connectivity index (χ2v) is 6.90. The molecule has 20 heavy (non-hydrogen) atoms. The minimum Gasteiger partial charge on any atom is -0.481 e. The summed E-state index contributed by atoms with van der Waals surface area (Å²) in [4.78, 5) is 24.3. The number of carboxylic acids is 1. The third-order valence-electron chi connectivity index (χ3n) is 4.64. The molecular formula is C15H26N2O3. The molecule has 1 heterocycles. The first-order chi connectivity index (χ1) is 9.42. The van der Waals surface area contributed by atoms with E-state index in [1.807, 2.05) is 0 Å². The predicted molar refractivity (Wildman–Crippen MR) is 76.5 cm³/mol. The van der Waals surface area contributed by atoms with Crippen LogP contribution in [0.1, 0.15) is 46.0 Å². The van der Waals surface area contributed by atoms with Crippen LogP contribution in [-0.4, -0.2) is 41.6 Å². The molecule has 0 spiro atoms. The van der Waals surface area contributed by atoms with Gasteiger partial charge in [-0.2, -0.15) is 0 Å². The monoisotopic (exact) mass is 282 g/mol. The van der Waals surface area contributed by atoms with Crippen LogP contribution in [-0.2, 0) is 4.79 Å². The number of hydrogen-bond acceptors (Lipinski definition) is 2. The normalized spacial score (nSPS) is 21.9. The average Bonchev–Trinajstić information content (AvgIpc) is 2.72. The summed E-state index contributed by atoms with van der Waals surface area (Å²) in [5.74, 6) is -0.539. The quantitative estimate of drug-likeness (QED) is 0.813. The van der Waals surface area contributed by atoms with Gasteiger partial charge in [0.15, 0.2) is 0 Å². The van der Waals surface area contributed by atoms with Crippen molar-refractivity contribution in [3.63, 3.8) is 0 Å². The number of urea groups is 1. The summed E-state index contributed by atoms with van der Waals surface area (Å²) >= 11 is 0. The maximum Gasteiger partial charge on any atom is 0.317 e. The van der Waals surface area contributed by atoms with Gasteiger partial charge >= 0.3 is 12.0 Å². The van der Waals surface area contributed by atoms with Crippen molar-refractivity contribution in [2.24, 2.45) is 17.3 Å². The van der Waals surface area contributed by atoms with Crippen LogP contribution in [0.4, 0.5) is 4.79 Å². The summed E-state index contributed by atoms with van der Waals surface area (Å²) in [6.07, 6.45) is 6.07. The third-order valence-corrected chi connectivity index (χ3v) is 4.64. The molecule has 2 aliphatic rings. The van der Waals surface area contributed by atoms with Crippen LogP contribution in [0.15, 0.2) is 0 Å². The zero-order chi connectivity index (χ0) is 14.8. The van der Waals surface area contributed by atoms with Gasteiger partial charge in [0.1, 0.15) is 0 Å². The molecule has 0 unspecified atom stereocenters. The number of amides is 2. The van der Waals surface area contributed by atoms with E-state index in [-0.39, 0.29) is 17.4 Å². The van der Waals surface area contributed by atoms with Gasteiger partial charge < -0.3 is 15.3 Å². The van der Waals surface area contributed by atoms with Gasteiger partial charge in [0.2, 0.25) is 0 Å². The number of rotatable bonds is 5. The first-order valence-electron chi connectivity index (χ1n) is 7.67. The van der Waals surface area contributed by atoms with E-state index >= 15 is 0 Å². The molecule has 114 valence electrons. The molecule has 0 atom stereocenters. The number of aliphatic carboxylic acids is 1. The van der Waals surface area contributed by atoms with Crippen LogP contribution in [0, 0.1) is 17.3 Å². The number of nitrogens with one attached hydrogen (secondary N) is 1. The van der Waals surface area contributed by atoms with Crippen LogP contribution < -0.4 is 5.32 Å². The Morgan fingerprint density at radius 1 is 1.30 bits per heavy atom. The fourth-order valence-corrected chi connectivity index (χ4v) is 3.62. The lowest BCUT2D eigenvalue weighted by molar-refractivity contribution is -0.146. The molecule has 5 nitrogen and oxygen atoms in total. The third kappa shape index (κ3) is 3.44. The van der Waals surface area contributed by atoms with Gasteiger partial charge in [-0.05, 0) is 30.6 Å². The van der Waals surface area contributed by atoms with Crippen molar-refractivity contribution in [3.05, 3.63) is 0 Å². The van der Waals surface area contributed by atoms with E-state index in [9.17, 15) is 9.59 Å². The minimum absolute atomic E-state index is 0.0995. The van der Waals surface area contributed by atoms with E-state index in [1.165, 1.54) is 25.7 Å². The zero-order valence-electron chi connectivity index (χ0n) is 12.5. The Kier molecular flexibility index (Phi) is 4.55. The molecule has 0 aromatic carbocycles. The zero-order valence-corrected chi connectivity index (χ0v) is 12.5. The summed E-state index contributed by atoms with van der Waals surface area (Å²) in [5.41, 5.74) is 0.265. The highest BCUT2D eigenvalue weighted by molar-refractivity contribution is 5.79. The Hall–Kier alpha value is -1.26. The van der Waals surface area contributed by atoms with Crippen LogP contribution in [0.3, 0.4) is 0 Å². The lowest BCUT2D eigenvalue weighted by atomic mass is 9.78. The number of hydrogen-bond donors (Lipinski definition) is 2. The summed E-state index contributed by atoms with van der Waals surface area (Å²) < 4.78 is 0. The first kappa shape index (κ1) is 15.1. The number of carbonyl (C=O) groups is 2. The molecule has 2 fully saturated rings. The molecule has 0 aromatic heterocycles. The van der Waals surface area contributed by atoms with Gasteiger partial charge in [0, 0.05) is 19.6 Å². The van der Waals surface area contributed by atoms with Gasteiger partial charge in [0.05, 0.1) is 5.92 Å². The lowest BCUT2D eigenvalue weighted by Gasteiger charge is -2.38. The molecule has 1 aliphatic carbocycles. The molecule has 0 bridgehead atoms. The van der Waals surface area contributed by atoms with Crippen LogP contribution >= 0.6 is 0 Å².